The van der Waals surface area contributed by atoms with Gasteiger partial charge in [-0.25, -0.2) is 13.2 Å². The number of fused-ring (bicyclic) bond motifs is 1. The average Bonchev–Trinajstić information content (AvgIpc) is 3.04. The van der Waals surface area contributed by atoms with Crippen molar-refractivity contribution in [1.29, 1.82) is 0 Å². The van der Waals surface area contributed by atoms with Crippen LogP contribution in [0, 0.1) is 12.8 Å². The summed E-state index contributed by atoms with van der Waals surface area (Å²) in [4.78, 5) is 28.0. The molecule has 0 saturated carbocycles. The Morgan fingerprint density at radius 1 is 1.09 bits per heavy atom. The van der Waals surface area contributed by atoms with E-state index in [-0.39, 0.29) is 42.8 Å². The molecular weight excluding hydrogens is 584 g/mol. The molecule has 3 amide bonds. The van der Waals surface area contributed by atoms with Crippen molar-refractivity contribution in [2.24, 2.45) is 5.92 Å². The van der Waals surface area contributed by atoms with E-state index in [1.165, 1.54) is 11.4 Å². The number of aryl methyl sites for hydroxylation is 1. The van der Waals surface area contributed by atoms with E-state index in [0.717, 1.165) is 5.56 Å². The van der Waals surface area contributed by atoms with Gasteiger partial charge in [0.05, 0.1) is 37.6 Å². The number of sulfonamides is 1. The van der Waals surface area contributed by atoms with Gasteiger partial charge in [-0.3, -0.25) is 4.79 Å². The fourth-order valence-electron chi connectivity index (χ4n) is 4.93. The summed E-state index contributed by atoms with van der Waals surface area (Å²) in [5, 5.41) is 15.4. The Balaban J connectivity index is 1.60. The SMILES string of the molecule is COc1ccc(NC(=O)Nc2ccc3c(c2)CC(=O)N([C@@H](C)CO)C[C@H](C)[C@@H](CN(C)S(=O)(=O)c2ccc(C)cc2)O3)cc1. The molecule has 0 aromatic heterocycles. The predicted octanol–water partition coefficient (Wildman–Crippen LogP) is 4.12. The van der Waals surface area contributed by atoms with Gasteiger partial charge < -0.3 is 30.1 Å². The van der Waals surface area contributed by atoms with E-state index >= 15 is 0 Å². The number of nitrogens with zero attached hydrogens (tertiary/aromatic N) is 2. The number of amides is 3. The zero-order chi connectivity index (χ0) is 32.0. The van der Waals surface area contributed by atoms with Crippen molar-refractivity contribution in [2.75, 3.05) is 44.5 Å². The number of carbonyl (C=O) groups is 2. The number of methoxy groups -OCH3 is 1. The van der Waals surface area contributed by atoms with Crippen molar-refractivity contribution in [3.8, 4) is 11.5 Å². The van der Waals surface area contributed by atoms with E-state index in [1.54, 1.807) is 85.7 Å². The Bertz CT molecular complexity index is 1560. The molecule has 1 aliphatic rings. The van der Waals surface area contributed by atoms with Crippen LogP contribution in [0.2, 0.25) is 0 Å². The number of anilines is 2. The van der Waals surface area contributed by atoms with E-state index in [2.05, 4.69) is 10.6 Å². The summed E-state index contributed by atoms with van der Waals surface area (Å²) in [5.41, 5.74) is 2.48. The molecule has 4 rings (SSSR count). The summed E-state index contributed by atoms with van der Waals surface area (Å²) in [7, 11) is -0.744. The van der Waals surface area contributed by atoms with E-state index < -0.39 is 28.2 Å². The van der Waals surface area contributed by atoms with Crippen LogP contribution in [0.1, 0.15) is 25.0 Å². The lowest BCUT2D eigenvalue weighted by Crippen LogP contribution is -2.48. The van der Waals surface area contributed by atoms with Crippen molar-refractivity contribution in [2.45, 2.75) is 44.2 Å². The van der Waals surface area contributed by atoms with Crippen LogP contribution in [0.15, 0.2) is 71.6 Å². The van der Waals surface area contributed by atoms with Crippen LogP contribution in [0.25, 0.3) is 0 Å². The number of hydrogen-bond donors (Lipinski definition) is 3. The summed E-state index contributed by atoms with van der Waals surface area (Å²) in [5.74, 6) is 0.567. The number of aliphatic hydroxyl groups is 1. The smallest absolute Gasteiger partial charge is 0.323 e. The summed E-state index contributed by atoms with van der Waals surface area (Å²) < 4.78 is 39.6. The molecule has 3 atom stereocenters. The van der Waals surface area contributed by atoms with Crippen LogP contribution in [-0.4, -0.2) is 80.7 Å². The number of urea groups is 1. The quantitative estimate of drug-likeness (QED) is 0.326. The molecule has 0 bridgehead atoms. The zero-order valence-corrected chi connectivity index (χ0v) is 26.4. The number of hydrogen-bond acceptors (Lipinski definition) is 7. The summed E-state index contributed by atoms with van der Waals surface area (Å²) >= 11 is 0. The first-order valence-corrected chi connectivity index (χ1v) is 15.8. The Kier molecular flexibility index (Phi) is 10.5. The third-order valence-electron chi connectivity index (χ3n) is 7.69. The monoisotopic (exact) mass is 624 g/mol. The average molecular weight is 625 g/mol. The molecule has 3 aromatic rings. The van der Waals surface area contributed by atoms with Gasteiger partial charge in [0, 0.05) is 36.4 Å². The van der Waals surface area contributed by atoms with Crippen LogP contribution < -0.4 is 20.1 Å². The van der Waals surface area contributed by atoms with Crippen molar-refractivity contribution in [3.63, 3.8) is 0 Å². The van der Waals surface area contributed by atoms with E-state index in [9.17, 15) is 23.1 Å². The minimum absolute atomic E-state index is 0.0244. The molecule has 1 heterocycles. The van der Waals surface area contributed by atoms with Crippen molar-refractivity contribution in [1.82, 2.24) is 9.21 Å². The Morgan fingerprint density at radius 2 is 1.73 bits per heavy atom. The lowest BCUT2D eigenvalue weighted by atomic mass is 10.0. The minimum atomic E-state index is -3.81. The van der Waals surface area contributed by atoms with Crippen molar-refractivity contribution in [3.05, 3.63) is 77.9 Å². The maximum absolute atomic E-state index is 13.5. The van der Waals surface area contributed by atoms with Gasteiger partial charge in [0.1, 0.15) is 17.6 Å². The standard InChI is InChI=1S/C32H40N4O7S/c1-21-6-13-28(14-7-21)44(40,41)35(4)19-30-22(2)18-36(23(3)20-37)31(38)17-24-16-26(10-15-29(24)43-30)34-32(39)33-25-8-11-27(42-5)12-9-25/h6-16,22-23,30,37H,17-20H2,1-5H3,(H2,33,34,39)/t22-,23-,30+/m0/s1. The first-order chi connectivity index (χ1) is 20.9. The second-order valence-corrected chi connectivity index (χ2v) is 13.2. The highest BCUT2D eigenvalue weighted by Gasteiger charge is 2.33. The number of carbonyl (C=O) groups excluding carboxylic acids is 2. The molecule has 0 saturated heterocycles. The Morgan fingerprint density at radius 3 is 2.36 bits per heavy atom. The topological polar surface area (TPSA) is 138 Å². The molecular formula is C32H40N4O7S. The van der Waals surface area contributed by atoms with Crippen LogP contribution >= 0.6 is 0 Å². The van der Waals surface area contributed by atoms with Crippen LogP contribution in [0.4, 0.5) is 16.2 Å². The number of rotatable bonds is 9. The number of aliphatic hydroxyl groups excluding tert-OH is 1. The molecule has 236 valence electrons. The highest BCUT2D eigenvalue weighted by atomic mass is 32.2. The lowest BCUT2D eigenvalue weighted by molar-refractivity contribution is -0.134. The lowest BCUT2D eigenvalue weighted by Gasteiger charge is -2.33. The number of likely N-dealkylation sites (N-methyl/N-ethyl adjacent to an activating group) is 1. The second-order valence-electron chi connectivity index (χ2n) is 11.1. The van der Waals surface area contributed by atoms with E-state index in [4.69, 9.17) is 9.47 Å². The van der Waals surface area contributed by atoms with Gasteiger partial charge in [-0.15, -0.1) is 0 Å². The maximum atomic E-state index is 13.5. The predicted molar refractivity (Wildman–Crippen MR) is 169 cm³/mol. The largest absolute Gasteiger partial charge is 0.497 e. The number of nitrogens with one attached hydrogen (secondary N) is 2. The first-order valence-electron chi connectivity index (χ1n) is 14.4. The molecule has 0 aliphatic carbocycles. The van der Waals surface area contributed by atoms with Crippen LogP contribution in [0.5, 0.6) is 11.5 Å². The van der Waals surface area contributed by atoms with E-state index in [0.29, 0.717) is 28.4 Å². The van der Waals surface area contributed by atoms with Crippen molar-refractivity contribution < 1.29 is 32.6 Å². The third-order valence-corrected chi connectivity index (χ3v) is 9.53. The minimum Gasteiger partial charge on any atom is -0.497 e. The fraction of sp³-hybridized carbons (Fsp3) is 0.375. The highest BCUT2D eigenvalue weighted by Crippen LogP contribution is 2.30. The Hall–Kier alpha value is -4.13. The van der Waals surface area contributed by atoms with Crippen LogP contribution in [-0.2, 0) is 21.2 Å². The van der Waals surface area contributed by atoms with Gasteiger partial charge in [-0.2, -0.15) is 4.31 Å². The summed E-state index contributed by atoms with van der Waals surface area (Å²) in [6.45, 7) is 5.59. The van der Waals surface area contributed by atoms with E-state index in [1.807, 2.05) is 13.8 Å². The molecule has 12 heteroatoms. The number of benzene rings is 3. The normalized spacial score (nSPS) is 17.9. The van der Waals surface area contributed by atoms with Crippen LogP contribution in [0.3, 0.4) is 0 Å². The molecule has 3 aromatic carbocycles. The molecule has 44 heavy (non-hydrogen) atoms. The zero-order valence-electron chi connectivity index (χ0n) is 25.6. The molecule has 3 N–H and O–H groups in total. The molecule has 0 radical (unpaired) electrons. The molecule has 1 aliphatic heterocycles. The Labute approximate surface area is 258 Å². The van der Waals surface area contributed by atoms with Gasteiger partial charge in [0.25, 0.3) is 0 Å². The molecule has 0 fully saturated rings. The second kappa shape index (κ2) is 14.1. The highest BCUT2D eigenvalue weighted by molar-refractivity contribution is 7.89. The van der Waals surface area contributed by atoms with Gasteiger partial charge >= 0.3 is 6.03 Å². The van der Waals surface area contributed by atoms with Gasteiger partial charge in [-0.1, -0.05) is 24.6 Å². The van der Waals surface area contributed by atoms with Crippen molar-refractivity contribution >= 4 is 33.3 Å². The number of ether oxygens (including phenoxy) is 2. The summed E-state index contributed by atoms with van der Waals surface area (Å²) in [6, 6.07) is 17.6. The summed E-state index contributed by atoms with van der Waals surface area (Å²) in [6.07, 6.45) is -0.665. The maximum Gasteiger partial charge on any atom is 0.323 e. The van der Waals surface area contributed by atoms with Gasteiger partial charge in [0.15, 0.2) is 0 Å². The first kappa shape index (κ1) is 32.8. The van der Waals surface area contributed by atoms with Gasteiger partial charge in [-0.05, 0) is 68.4 Å². The molecule has 0 unspecified atom stereocenters. The molecule has 11 nitrogen and oxygen atoms in total. The molecule has 0 spiro atoms. The fourth-order valence-corrected chi connectivity index (χ4v) is 6.12. The van der Waals surface area contributed by atoms with Gasteiger partial charge in [0.2, 0.25) is 15.9 Å². The third kappa shape index (κ3) is 7.87.